The topological polar surface area (TPSA) is 90.2 Å². The fraction of sp³-hybridized carbons (Fsp3) is 0.214. The van der Waals surface area contributed by atoms with E-state index >= 15 is 0 Å². The average Bonchev–Trinajstić information content (AvgIpc) is 2.44. The van der Waals surface area contributed by atoms with E-state index < -0.39 is 24.8 Å². The van der Waals surface area contributed by atoms with Crippen molar-refractivity contribution in [3.05, 3.63) is 36.1 Å². The van der Waals surface area contributed by atoms with Gasteiger partial charge < -0.3 is 11.5 Å². The maximum Gasteiger partial charge on any atom is 0.389 e. The van der Waals surface area contributed by atoms with Gasteiger partial charge in [0.2, 0.25) is 5.95 Å². The zero-order valence-corrected chi connectivity index (χ0v) is 11.8. The van der Waals surface area contributed by atoms with Crippen molar-refractivity contribution >= 4 is 17.6 Å². The van der Waals surface area contributed by atoms with Crippen LogP contribution < -0.4 is 11.5 Å². The van der Waals surface area contributed by atoms with Crippen molar-refractivity contribution in [2.45, 2.75) is 19.0 Å². The molecule has 4 N–H and O–H groups in total. The van der Waals surface area contributed by atoms with E-state index in [9.17, 15) is 17.6 Å². The van der Waals surface area contributed by atoms with Gasteiger partial charge in [0.05, 0.1) is 12.1 Å². The first-order valence-corrected chi connectivity index (χ1v) is 6.53. The van der Waals surface area contributed by atoms with Gasteiger partial charge in [-0.2, -0.15) is 18.2 Å². The second kappa shape index (κ2) is 6.59. The van der Waals surface area contributed by atoms with Crippen LogP contribution in [-0.4, -0.2) is 22.0 Å². The molecule has 0 unspecified atom stereocenters. The number of amidine groups is 1. The summed E-state index contributed by atoms with van der Waals surface area (Å²) in [4.78, 5) is 11.6. The van der Waals surface area contributed by atoms with Crippen molar-refractivity contribution in [3.8, 4) is 11.3 Å². The molecule has 0 bridgehead atoms. The van der Waals surface area contributed by atoms with E-state index in [1.54, 1.807) is 0 Å². The molecule has 0 fully saturated rings. The Bertz CT molecular complexity index is 710. The summed E-state index contributed by atoms with van der Waals surface area (Å²) in [5.74, 6) is -0.707. The maximum absolute atomic E-state index is 12.9. The predicted octanol–water partition coefficient (Wildman–Crippen LogP) is 3.20. The van der Waals surface area contributed by atoms with Crippen molar-refractivity contribution in [3.63, 3.8) is 0 Å². The van der Waals surface area contributed by atoms with Crippen molar-refractivity contribution in [2.24, 2.45) is 10.7 Å². The van der Waals surface area contributed by atoms with Crippen LogP contribution in [0, 0.1) is 5.82 Å². The van der Waals surface area contributed by atoms with E-state index in [0.717, 1.165) is 0 Å². The molecule has 1 aromatic heterocycles. The lowest BCUT2D eigenvalue weighted by atomic mass is 10.1. The summed E-state index contributed by atoms with van der Waals surface area (Å²) >= 11 is 0. The van der Waals surface area contributed by atoms with Gasteiger partial charge in [-0.3, -0.25) is 0 Å². The Morgan fingerprint density at radius 2 is 1.78 bits per heavy atom. The van der Waals surface area contributed by atoms with Crippen LogP contribution in [0.3, 0.4) is 0 Å². The number of halogens is 4. The Morgan fingerprint density at radius 1 is 1.13 bits per heavy atom. The minimum atomic E-state index is -4.32. The normalized spacial score (nSPS) is 12.4. The van der Waals surface area contributed by atoms with Gasteiger partial charge in [-0.25, -0.2) is 14.4 Å². The Kier molecular flexibility index (Phi) is 4.77. The van der Waals surface area contributed by atoms with E-state index in [-0.39, 0.29) is 17.6 Å². The first-order chi connectivity index (χ1) is 10.7. The number of nitrogen functional groups attached to an aromatic ring is 1. The molecule has 23 heavy (non-hydrogen) atoms. The number of alkyl halides is 3. The highest BCUT2D eigenvalue weighted by atomic mass is 19.4. The highest BCUT2D eigenvalue weighted by Gasteiger charge is 2.26. The molecular formula is C14H13F4N5. The quantitative estimate of drug-likeness (QED) is 0.512. The number of anilines is 1. The molecule has 0 aliphatic rings. The number of rotatable bonds is 4. The summed E-state index contributed by atoms with van der Waals surface area (Å²) in [5, 5.41) is 0. The lowest BCUT2D eigenvalue weighted by Gasteiger charge is -2.06. The molecule has 0 aliphatic carbocycles. The van der Waals surface area contributed by atoms with Gasteiger partial charge in [-0.1, -0.05) is 0 Å². The molecule has 0 saturated carbocycles. The minimum absolute atomic E-state index is 0.0384. The van der Waals surface area contributed by atoms with Crippen LogP contribution in [0.5, 0.6) is 0 Å². The molecule has 0 spiro atoms. The summed E-state index contributed by atoms with van der Waals surface area (Å²) < 4.78 is 49.4. The molecule has 0 saturated heterocycles. The number of aromatic nitrogens is 2. The first-order valence-electron chi connectivity index (χ1n) is 6.53. The first kappa shape index (κ1) is 16.7. The van der Waals surface area contributed by atoms with Crippen LogP contribution in [0.4, 0.5) is 29.3 Å². The fourth-order valence-corrected chi connectivity index (χ4v) is 1.75. The van der Waals surface area contributed by atoms with Crippen molar-refractivity contribution in [1.82, 2.24) is 9.97 Å². The molecule has 0 amide bonds. The number of nitrogens with two attached hydrogens (primary N) is 2. The molecule has 5 nitrogen and oxygen atoms in total. The Balaban J connectivity index is 2.25. The summed E-state index contributed by atoms with van der Waals surface area (Å²) in [6.07, 6.45) is -5.84. The van der Waals surface area contributed by atoms with Gasteiger partial charge in [-0.05, 0) is 24.3 Å². The van der Waals surface area contributed by atoms with E-state index in [1.165, 1.54) is 30.3 Å². The van der Waals surface area contributed by atoms with Crippen molar-refractivity contribution < 1.29 is 17.6 Å². The SMILES string of the molecule is NC(CCC(F)(F)F)=Nc1cc(-c2ccc(F)cc2)nc(N)n1. The molecule has 122 valence electrons. The number of hydrogen-bond acceptors (Lipinski definition) is 4. The zero-order valence-electron chi connectivity index (χ0n) is 11.8. The lowest BCUT2D eigenvalue weighted by Crippen LogP contribution is -2.16. The number of aliphatic imine (C=N–C) groups is 1. The summed E-state index contributed by atoms with van der Waals surface area (Å²) in [6, 6.07) is 6.86. The van der Waals surface area contributed by atoms with Crippen molar-refractivity contribution in [1.29, 1.82) is 0 Å². The molecule has 0 atom stereocenters. The Labute approximate surface area is 129 Å². The lowest BCUT2D eigenvalue weighted by molar-refractivity contribution is -0.132. The molecule has 1 heterocycles. The highest BCUT2D eigenvalue weighted by Crippen LogP contribution is 2.24. The smallest absolute Gasteiger partial charge is 0.387 e. The summed E-state index contributed by atoms with van der Waals surface area (Å²) in [5.41, 5.74) is 12.0. The highest BCUT2D eigenvalue weighted by molar-refractivity contribution is 5.83. The molecule has 0 radical (unpaired) electrons. The van der Waals surface area contributed by atoms with Gasteiger partial charge in [-0.15, -0.1) is 0 Å². The number of nitrogens with zero attached hydrogens (tertiary/aromatic N) is 3. The number of benzene rings is 1. The molecule has 2 rings (SSSR count). The third-order valence-corrected chi connectivity index (χ3v) is 2.79. The van der Waals surface area contributed by atoms with Gasteiger partial charge >= 0.3 is 6.18 Å². The second-order valence-electron chi connectivity index (χ2n) is 4.69. The standard InChI is InChI=1S/C14H13F4N5/c15-9-3-1-8(2-4-9)10-7-12(23-13(20)21-10)22-11(19)5-6-14(16,17)18/h1-4,7H,5-6H2,(H4,19,20,21,22,23). The summed E-state index contributed by atoms with van der Waals surface area (Å²) in [6.45, 7) is 0. The average molecular weight is 327 g/mol. The van der Waals surface area contributed by atoms with Crippen LogP contribution in [0.2, 0.25) is 0 Å². The molecular weight excluding hydrogens is 314 g/mol. The van der Waals surface area contributed by atoms with Crippen molar-refractivity contribution in [2.75, 3.05) is 5.73 Å². The van der Waals surface area contributed by atoms with E-state index in [2.05, 4.69) is 15.0 Å². The molecule has 9 heteroatoms. The van der Waals surface area contributed by atoms with Crippen LogP contribution >= 0.6 is 0 Å². The number of hydrogen-bond donors (Lipinski definition) is 2. The van der Waals surface area contributed by atoms with E-state index in [0.29, 0.717) is 11.3 Å². The van der Waals surface area contributed by atoms with Gasteiger partial charge in [0.15, 0.2) is 5.82 Å². The van der Waals surface area contributed by atoms with Gasteiger partial charge in [0.1, 0.15) is 11.7 Å². The van der Waals surface area contributed by atoms with Gasteiger partial charge in [0, 0.05) is 18.1 Å². The molecule has 0 aliphatic heterocycles. The third kappa shape index (κ3) is 5.20. The van der Waals surface area contributed by atoms with Crippen LogP contribution in [0.15, 0.2) is 35.3 Å². The molecule has 1 aromatic carbocycles. The third-order valence-electron chi connectivity index (χ3n) is 2.79. The maximum atomic E-state index is 12.9. The zero-order chi connectivity index (χ0) is 17.0. The van der Waals surface area contributed by atoms with Crippen LogP contribution in [0.1, 0.15) is 12.8 Å². The Morgan fingerprint density at radius 3 is 2.39 bits per heavy atom. The summed E-state index contributed by atoms with van der Waals surface area (Å²) in [7, 11) is 0. The van der Waals surface area contributed by atoms with Gasteiger partial charge in [0.25, 0.3) is 0 Å². The monoisotopic (exact) mass is 327 g/mol. The predicted molar refractivity (Wildman–Crippen MR) is 78.4 cm³/mol. The minimum Gasteiger partial charge on any atom is -0.387 e. The van der Waals surface area contributed by atoms with Crippen LogP contribution in [-0.2, 0) is 0 Å². The second-order valence-corrected chi connectivity index (χ2v) is 4.69. The fourth-order valence-electron chi connectivity index (χ4n) is 1.75. The Hall–Kier alpha value is -2.71. The largest absolute Gasteiger partial charge is 0.389 e. The van der Waals surface area contributed by atoms with E-state index in [4.69, 9.17) is 11.5 Å². The van der Waals surface area contributed by atoms with Crippen LogP contribution in [0.25, 0.3) is 11.3 Å². The van der Waals surface area contributed by atoms with E-state index in [1.807, 2.05) is 0 Å². The molecule has 2 aromatic rings.